The second kappa shape index (κ2) is 9.37. The molecule has 3 rings (SSSR count). The second-order valence-corrected chi connectivity index (χ2v) is 7.68. The maximum atomic E-state index is 13.5. The highest BCUT2D eigenvalue weighted by Gasteiger charge is 2.39. The van der Waals surface area contributed by atoms with Gasteiger partial charge in [-0.15, -0.1) is 0 Å². The molecule has 1 saturated heterocycles. The van der Waals surface area contributed by atoms with E-state index in [9.17, 15) is 9.59 Å². The van der Waals surface area contributed by atoms with E-state index in [2.05, 4.69) is 0 Å². The maximum Gasteiger partial charge on any atom is 0.328 e. The number of amides is 2. The summed E-state index contributed by atoms with van der Waals surface area (Å²) in [6.07, 6.45) is 3.99. The third-order valence-corrected chi connectivity index (χ3v) is 5.88. The van der Waals surface area contributed by atoms with E-state index in [1.165, 1.54) is 0 Å². The lowest BCUT2D eigenvalue weighted by Crippen LogP contribution is -2.55. The van der Waals surface area contributed by atoms with Gasteiger partial charge in [0.25, 0.3) is 0 Å². The van der Waals surface area contributed by atoms with E-state index in [0.29, 0.717) is 26.1 Å². The van der Waals surface area contributed by atoms with Gasteiger partial charge in [0.05, 0.1) is 26.9 Å². The Balaban J connectivity index is 1.83. The maximum absolute atomic E-state index is 13.5. The van der Waals surface area contributed by atoms with E-state index in [1.54, 1.807) is 19.1 Å². The van der Waals surface area contributed by atoms with Gasteiger partial charge < -0.3 is 24.0 Å². The molecule has 7 heteroatoms. The summed E-state index contributed by atoms with van der Waals surface area (Å²) < 4.78 is 16.3. The zero-order valence-electron chi connectivity index (χ0n) is 17.9. The highest BCUT2D eigenvalue weighted by Crippen LogP contribution is 2.40. The summed E-state index contributed by atoms with van der Waals surface area (Å²) in [5.74, 6) is 1.19. The minimum Gasteiger partial charge on any atom is -0.497 e. The van der Waals surface area contributed by atoms with Crippen LogP contribution in [0.4, 0.5) is 4.79 Å². The topological polar surface area (TPSA) is 68.3 Å². The molecule has 1 aromatic carbocycles. The molecule has 1 fully saturated rings. The van der Waals surface area contributed by atoms with Crippen molar-refractivity contribution in [3.63, 3.8) is 0 Å². The van der Waals surface area contributed by atoms with Crippen LogP contribution in [0.2, 0.25) is 0 Å². The molecule has 7 nitrogen and oxygen atoms in total. The average Bonchev–Trinajstić information content (AvgIpc) is 2.76. The predicted molar refractivity (Wildman–Crippen MR) is 109 cm³/mol. The molecule has 160 valence electrons. The van der Waals surface area contributed by atoms with E-state index in [1.807, 2.05) is 30.9 Å². The summed E-state index contributed by atoms with van der Waals surface area (Å²) in [5, 5.41) is 0. The Morgan fingerprint density at radius 2 is 1.90 bits per heavy atom. The fraction of sp³-hybridized carbons (Fsp3) is 0.636. The van der Waals surface area contributed by atoms with E-state index >= 15 is 0 Å². The van der Waals surface area contributed by atoms with Crippen molar-refractivity contribution in [2.75, 3.05) is 33.9 Å². The first-order valence-electron chi connectivity index (χ1n) is 10.5. The number of carbonyl (C=O) groups is 2. The molecule has 2 aliphatic rings. The van der Waals surface area contributed by atoms with Crippen LogP contribution in [0.1, 0.15) is 56.7 Å². The number of urea groups is 1. The van der Waals surface area contributed by atoms with Crippen LogP contribution < -0.4 is 9.47 Å². The number of hydrogen-bond acceptors (Lipinski definition) is 5. The Hall–Kier alpha value is -2.44. The molecule has 1 aromatic rings. The molecule has 2 amide bonds. The molecule has 2 unspecified atom stereocenters. The molecule has 2 aliphatic heterocycles. The quantitative estimate of drug-likeness (QED) is 0.702. The summed E-state index contributed by atoms with van der Waals surface area (Å²) in [6, 6.07) is 3.13. The third kappa shape index (κ3) is 4.28. The van der Waals surface area contributed by atoms with Crippen molar-refractivity contribution in [2.24, 2.45) is 0 Å². The van der Waals surface area contributed by atoms with Crippen molar-refractivity contribution in [1.82, 2.24) is 9.80 Å². The molecule has 0 aromatic heterocycles. The number of hydrogen-bond donors (Lipinski definition) is 0. The van der Waals surface area contributed by atoms with Crippen LogP contribution in [0.25, 0.3) is 0 Å². The highest BCUT2D eigenvalue weighted by atomic mass is 16.5. The first-order valence-corrected chi connectivity index (χ1v) is 10.5. The van der Waals surface area contributed by atoms with Crippen LogP contribution in [0.15, 0.2) is 12.1 Å². The number of nitrogens with zero attached hydrogens (tertiary/aromatic N) is 2. The largest absolute Gasteiger partial charge is 0.497 e. The van der Waals surface area contributed by atoms with Crippen LogP contribution in [0.5, 0.6) is 11.5 Å². The minimum absolute atomic E-state index is 0.0980. The standard InChI is InChI=1S/C22H32N2O5/c1-5-12-29-21(25)18-8-6-7-10-24(18)22(26)23-11-9-16-13-17(27-3)14-19(28-4)20(16)15(23)2/h13-15,18H,5-12H2,1-4H3. The first-order chi connectivity index (χ1) is 14.0. The Morgan fingerprint density at radius 1 is 1.10 bits per heavy atom. The fourth-order valence-corrected chi connectivity index (χ4v) is 4.35. The van der Waals surface area contributed by atoms with Crippen molar-refractivity contribution in [1.29, 1.82) is 0 Å². The van der Waals surface area contributed by atoms with E-state index in [4.69, 9.17) is 14.2 Å². The number of ether oxygens (including phenoxy) is 3. The molecule has 0 N–H and O–H groups in total. The molecule has 0 spiro atoms. The molecule has 2 atom stereocenters. The lowest BCUT2D eigenvalue weighted by Gasteiger charge is -2.42. The molecule has 0 aliphatic carbocycles. The predicted octanol–water partition coefficient (Wildman–Crippen LogP) is 3.55. The summed E-state index contributed by atoms with van der Waals surface area (Å²) in [6.45, 7) is 5.55. The molecule has 0 saturated carbocycles. The van der Waals surface area contributed by atoms with Crippen LogP contribution in [0, 0.1) is 0 Å². The van der Waals surface area contributed by atoms with E-state index < -0.39 is 6.04 Å². The third-order valence-electron chi connectivity index (χ3n) is 5.88. The van der Waals surface area contributed by atoms with Crippen molar-refractivity contribution in [3.8, 4) is 11.5 Å². The number of fused-ring (bicyclic) bond motifs is 1. The van der Waals surface area contributed by atoms with Gasteiger partial charge in [-0.3, -0.25) is 0 Å². The number of rotatable bonds is 5. The summed E-state index contributed by atoms with van der Waals surface area (Å²) in [5.41, 5.74) is 2.14. The van der Waals surface area contributed by atoms with Crippen molar-refractivity contribution >= 4 is 12.0 Å². The van der Waals surface area contributed by atoms with Gasteiger partial charge in [0.1, 0.15) is 17.5 Å². The molecular weight excluding hydrogens is 372 g/mol. The van der Waals surface area contributed by atoms with Crippen LogP contribution in [0.3, 0.4) is 0 Å². The van der Waals surface area contributed by atoms with Gasteiger partial charge in [0, 0.05) is 24.7 Å². The lowest BCUT2D eigenvalue weighted by atomic mass is 9.92. The van der Waals surface area contributed by atoms with Gasteiger partial charge in [0.15, 0.2) is 0 Å². The number of esters is 1. The highest BCUT2D eigenvalue weighted by molar-refractivity contribution is 5.84. The smallest absolute Gasteiger partial charge is 0.328 e. The van der Waals surface area contributed by atoms with Gasteiger partial charge in [-0.2, -0.15) is 0 Å². The number of methoxy groups -OCH3 is 2. The zero-order chi connectivity index (χ0) is 21.0. The Labute approximate surface area is 172 Å². The van der Waals surface area contributed by atoms with Crippen LogP contribution >= 0.6 is 0 Å². The molecule has 29 heavy (non-hydrogen) atoms. The van der Waals surface area contributed by atoms with Crippen LogP contribution in [-0.4, -0.2) is 61.8 Å². The number of piperidine rings is 1. The molecule has 0 bridgehead atoms. The minimum atomic E-state index is -0.492. The molecule has 0 radical (unpaired) electrons. The second-order valence-electron chi connectivity index (χ2n) is 7.68. The van der Waals surface area contributed by atoms with Gasteiger partial charge in [-0.1, -0.05) is 6.92 Å². The zero-order valence-corrected chi connectivity index (χ0v) is 17.9. The average molecular weight is 405 g/mol. The van der Waals surface area contributed by atoms with Crippen molar-refractivity contribution in [2.45, 2.75) is 58.0 Å². The van der Waals surface area contributed by atoms with Gasteiger partial charge in [-0.05, 0) is 50.7 Å². The Kier molecular flexibility index (Phi) is 6.87. The van der Waals surface area contributed by atoms with Crippen molar-refractivity contribution < 1.29 is 23.8 Å². The summed E-state index contributed by atoms with van der Waals surface area (Å²) in [4.78, 5) is 29.6. The van der Waals surface area contributed by atoms with Gasteiger partial charge >= 0.3 is 12.0 Å². The summed E-state index contributed by atoms with van der Waals surface area (Å²) in [7, 11) is 3.27. The van der Waals surface area contributed by atoms with E-state index in [-0.39, 0.29) is 18.0 Å². The van der Waals surface area contributed by atoms with Crippen LogP contribution in [-0.2, 0) is 16.0 Å². The van der Waals surface area contributed by atoms with Crippen molar-refractivity contribution in [3.05, 3.63) is 23.3 Å². The molecule has 2 heterocycles. The SMILES string of the molecule is CCCOC(=O)C1CCCCN1C(=O)N1CCc2cc(OC)cc(OC)c2C1C. The summed E-state index contributed by atoms with van der Waals surface area (Å²) >= 11 is 0. The number of carbonyl (C=O) groups excluding carboxylic acids is 2. The van der Waals surface area contributed by atoms with Gasteiger partial charge in [-0.25, -0.2) is 9.59 Å². The normalized spacial score (nSPS) is 21.4. The molecular formula is C22H32N2O5. The monoisotopic (exact) mass is 404 g/mol. The number of likely N-dealkylation sites (tertiary alicyclic amines) is 1. The number of benzene rings is 1. The first kappa shape index (κ1) is 21.3. The Bertz CT molecular complexity index is 734. The van der Waals surface area contributed by atoms with Gasteiger partial charge in [0.2, 0.25) is 0 Å². The lowest BCUT2D eigenvalue weighted by molar-refractivity contribution is -0.150. The fourth-order valence-electron chi connectivity index (χ4n) is 4.35. The van der Waals surface area contributed by atoms with E-state index in [0.717, 1.165) is 48.3 Å². The Morgan fingerprint density at radius 3 is 2.59 bits per heavy atom.